The Hall–Kier alpha value is -2.16. The van der Waals surface area contributed by atoms with Gasteiger partial charge < -0.3 is 4.74 Å². The molecule has 0 saturated heterocycles. The molecule has 0 unspecified atom stereocenters. The molecule has 0 N–H and O–H groups in total. The standard InChI is InChI=1S/C24H31NO2/c1-3-5-6-8-18-9-14-23(25-17-18)20-10-12-22(13-11-20)27-24(26)21-15-19(16-21)7-4-2/h9-14,17,19,21H,3-8,15-16H2,1-2H3. The monoisotopic (exact) mass is 365 g/mol. The van der Waals surface area contributed by atoms with Gasteiger partial charge in [0.15, 0.2) is 0 Å². The van der Waals surface area contributed by atoms with Gasteiger partial charge >= 0.3 is 5.97 Å². The van der Waals surface area contributed by atoms with Crippen LogP contribution >= 0.6 is 0 Å². The van der Waals surface area contributed by atoms with Gasteiger partial charge in [0.1, 0.15) is 5.75 Å². The number of carbonyl (C=O) groups is 1. The van der Waals surface area contributed by atoms with Gasteiger partial charge in [0.05, 0.1) is 11.6 Å². The lowest BCUT2D eigenvalue weighted by atomic mass is 9.73. The molecule has 144 valence electrons. The maximum Gasteiger partial charge on any atom is 0.314 e. The number of aryl methyl sites for hydroxylation is 1. The molecular weight excluding hydrogens is 334 g/mol. The quantitative estimate of drug-likeness (QED) is 0.301. The summed E-state index contributed by atoms with van der Waals surface area (Å²) in [5.74, 6) is 1.35. The number of carbonyl (C=O) groups excluding carboxylic acids is 1. The molecule has 0 radical (unpaired) electrons. The molecule has 1 aromatic heterocycles. The van der Waals surface area contributed by atoms with Crippen molar-refractivity contribution in [3.63, 3.8) is 0 Å². The molecule has 3 nitrogen and oxygen atoms in total. The van der Waals surface area contributed by atoms with Gasteiger partial charge in [-0.05, 0) is 67.5 Å². The molecule has 1 aliphatic rings. The third kappa shape index (κ3) is 5.41. The van der Waals surface area contributed by atoms with Crippen molar-refractivity contribution >= 4 is 5.97 Å². The number of benzene rings is 1. The SMILES string of the molecule is CCCCCc1ccc(-c2ccc(OC(=O)C3CC(CCC)C3)cc2)nc1. The molecule has 0 atom stereocenters. The van der Waals surface area contributed by atoms with Crippen LogP contribution in [0.1, 0.15) is 64.4 Å². The van der Waals surface area contributed by atoms with Crippen molar-refractivity contribution < 1.29 is 9.53 Å². The van der Waals surface area contributed by atoms with Crippen LogP contribution in [0.3, 0.4) is 0 Å². The Kier molecular flexibility index (Phi) is 7.03. The van der Waals surface area contributed by atoms with E-state index in [0.29, 0.717) is 11.7 Å². The maximum atomic E-state index is 12.2. The highest BCUT2D eigenvalue weighted by atomic mass is 16.5. The average molecular weight is 366 g/mol. The Bertz CT molecular complexity index is 715. The first kappa shape index (κ1) is 19.6. The Morgan fingerprint density at radius 2 is 1.81 bits per heavy atom. The van der Waals surface area contributed by atoms with Crippen LogP contribution in [-0.4, -0.2) is 11.0 Å². The fourth-order valence-corrected chi connectivity index (χ4v) is 3.79. The maximum absolute atomic E-state index is 12.2. The van der Waals surface area contributed by atoms with Crippen LogP contribution in [0.15, 0.2) is 42.6 Å². The fourth-order valence-electron chi connectivity index (χ4n) is 3.79. The number of pyridine rings is 1. The summed E-state index contributed by atoms with van der Waals surface area (Å²) >= 11 is 0. The van der Waals surface area contributed by atoms with E-state index in [1.54, 1.807) is 0 Å². The first-order valence-electron chi connectivity index (χ1n) is 10.5. The van der Waals surface area contributed by atoms with Crippen molar-refractivity contribution in [3.8, 4) is 17.0 Å². The minimum absolute atomic E-state index is 0.0790. The van der Waals surface area contributed by atoms with Crippen molar-refractivity contribution in [3.05, 3.63) is 48.2 Å². The molecule has 1 aromatic carbocycles. The largest absolute Gasteiger partial charge is 0.426 e. The van der Waals surface area contributed by atoms with Crippen LogP contribution in [0.5, 0.6) is 5.75 Å². The molecule has 0 amide bonds. The number of rotatable bonds is 9. The average Bonchev–Trinajstić information content (AvgIpc) is 2.66. The number of unbranched alkanes of at least 4 members (excludes halogenated alkanes) is 2. The first-order chi connectivity index (χ1) is 13.2. The van der Waals surface area contributed by atoms with E-state index in [0.717, 1.165) is 30.5 Å². The Morgan fingerprint density at radius 3 is 2.44 bits per heavy atom. The molecule has 0 aliphatic heterocycles. The normalized spacial score (nSPS) is 18.7. The van der Waals surface area contributed by atoms with Crippen molar-refractivity contribution in [1.82, 2.24) is 4.98 Å². The predicted molar refractivity (Wildman–Crippen MR) is 110 cm³/mol. The number of aromatic nitrogens is 1. The number of hydrogen-bond acceptors (Lipinski definition) is 3. The van der Waals surface area contributed by atoms with Crippen molar-refractivity contribution in [2.24, 2.45) is 11.8 Å². The minimum atomic E-state index is -0.0790. The molecule has 2 aromatic rings. The number of nitrogens with zero attached hydrogens (tertiary/aromatic N) is 1. The molecule has 1 fully saturated rings. The summed E-state index contributed by atoms with van der Waals surface area (Å²) < 4.78 is 5.55. The predicted octanol–water partition coefficient (Wildman–Crippen LogP) is 6.21. The Labute approximate surface area is 163 Å². The number of ether oxygens (including phenoxy) is 1. The fraction of sp³-hybridized carbons (Fsp3) is 0.500. The third-order valence-corrected chi connectivity index (χ3v) is 5.53. The van der Waals surface area contributed by atoms with Gasteiger partial charge in [-0.15, -0.1) is 0 Å². The Morgan fingerprint density at radius 1 is 1.04 bits per heavy atom. The van der Waals surface area contributed by atoms with E-state index < -0.39 is 0 Å². The summed E-state index contributed by atoms with van der Waals surface area (Å²) in [6, 6.07) is 11.9. The molecule has 27 heavy (non-hydrogen) atoms. The van der Waals surface area contributed by atoms with Gasteiger partial charge in [0, 0.05) is 11.8 Å². The molecule has 0 bridgehead atoms. The zero-order valence-corrected chi connectivity index (χ0v) is 16.6. The molecular formula is C24H31NO2. The summed E-state index contributed by atoms with van der Waals surface area (Å²) in [7, 11) is 0. The van der Waals surface area contributed by atoms with Crippen LogP contribution in [0.25, 0.3) is 11.3 Å². The van der Waals surface area contributed by atoms with Gasteiger partial charge in [-0.3, -0.25) is 9.78 Å². The Balaban J connectivity index is 1.52. The van der Waals surface area contributed by atoms with Crippen LogP contribution in [0.2, 0.25) is 0 Å². The second kappa shape index (κ2) is 9.68. The van der Waals surface area contributed by atoms with E-state index >= 15 is 0 Å². The smallest absolute Gasteiger partial charge is 0.314 e. The first-order valence-corrected chi connectivity index (χ1v) is 10.5. The molecule has 3 rings (SSSR count). The molecule has 1 saturated carbocycles. The van der Waals surface area contributed by atoms with Gasteiger partial charge in [-0.25, -0.2) is 0 Å². The lowest BCUT2D eigenvalue weighted by Crippen LogP contribution is -2.33. The zero-order chi connectivity index (χ0) is 19.1. The molecule has 1 aliphatic carbocycles. The number of esters is 1. The summed E-state index contributed by atoms with van der Waals surface area (Å²) in [6.45, 7) is 4.42. The van der Waals surface area contributed by atoms with Crippen molar-refractivity contribution in [1.29, 1.82) is 0 Å². The molecule has 1 heterocycles. The summed E-state index contributed by atoms with van der Waals surface area (Å²) in [5, 5.41) is 0. The van der Waals surface area contributed by atoms with Crippen molar-refractivity contribution in [2.75, 3.05) is 0 Å². The van der Waals surface area contributed by atoms with Crippen LogP contribution in [0.4, 0.5) is 0 Å². The van der Waals surface area contributed by atoms with E-state index in [9.17, 15) is 4.79 Å². The highest BCUT2D eigenvalue weighted by molar-refractivity contribution is 5.76. The van der Waals surface area contributed by atoms with Gasteiger partial charge in [0.2, 0.25) is 0 Å². The van der Waals surface area contributed by atoms with Gasteiger partial charge in [0.25, 0.3) is 0 Å². The lowest BCUT2D eigenvalue weighted by Gasteiger charge is -2.33. The van der Waals surface area contributed by atoms with E-state index in [2.05, 4.69) is 31.0 Å². The van der Waals surface area contributed by atoms with Crippen molar-refractivity contribution in [2.45, 2.75) is 65.2 Å². The van der Waals surface area contributed by atoms with Gasteiger partial charge in [-0.2, -0.15) is 0 Å². The second-order valence-electron chi connectivity index (χ2n) is 7.78. The number of hydrogen-bond donors (Lipinski definition) is 0. The summed E-state index contributed by atoms with van der Waals surface area (Å²) in [4.78, 5) is 16.8. The van der Waals surface area contributed by atoms with Crippen LogP contribution < -0.4 is 4.74 Å². The topological polar surface area (TPSA) is 39.2 Å². The lowest BCUT2D eigenvalue weighted by molar-refractivity contribution is -0.143. The molecule has 3 heteroatoms. The highest BCUT2D eigenvalue weighted by Crippen LogP contribution is 2.37. The van der Waals surface area contributed by atoms with Crippen LogP contribution in [-0.2, 0) is 11.2 Å². The van der Waals surface area contributed by atoms with E-state index in [1.165, 1.54) is 37.7 Å². The molecule has 0 spiro atoms. The summed E-state index contributed by atoms with van der Waals surface area (Å²) in [5.41, 5.74) is 3.29. The van der Waals surface area contributed by atoms with Gasteiger partial charge in [-0.1, -0.05) is 45.6 Å². The van der Waals surface area contributed by atoms with E-state index in [1.807, 2.05) is 30.5 Å². The minimum Gasteiger partial charge on any atom is -0.426 e. The zero-order valence-electron chi connectivity index (χ0n) is 16.6. The second-order valence-corrected chi connectivity index (χ2v) is 7.78. The highest BCUT2D eigenvalue weighted by Gasteiger charge is 2.35. The third-order valence-electron chi connectivity index (χ3n) is 5.53. The summed E-state index contributed by atoms with van der Waals surface area (Å²) in [6.07, 6.45) is 11.2. The van der Waals surface area contributed by atoms with Crippen LogP contribution in [0, 0.1) is 11.8 Å². The van der Waals surface area contributed by atoms with E-state index in [-0.39, 0.29) is 11.9 Å². The van der Waals surface area contributed by atoms with E-state index in [4.69, 9.17) is 4.74 Å².